The van der Waals surface area contributed by atoms with Gasteiger partial charge in [0.1, 0.15) is 5.56 Å². The third-order valence-electron chi connectivity index (χ3n) is 3.24. The van der Waals surface area contributed by atoms with Gasteiger partial charge in [0.05, 0.1) is 6.26 Å². The fourth-order valence-electron chi connectivity index (χ4n) is 2.08. The molecule has 0 aliphatic carbocycles. The van der Waals surface area contributed by atoms with Crippen LogP contribution in [0.15, 0.2) is 47.3 Å². The monoisotopic (exact) mass is 349 g/mol. The minimum Gasteiger partial charge on any atom is -0.352 e. The van der Waals surface area contributed by atoms with Gasteiger partial charge < -0.3 is 10.3 Å². The van der Waals surface area contributed by atoms with E-state index in [0.717, 1.165) is 11.8 Å². The Morgan fingerprint density at radius 2 is 1.79 bits per heavy atom. The highest BCUT2D eigenvalue weighted by molar-refractivity contribution is 7.88. The number of aromatic amines is 1. The molecule has 2 rings (SSSR count). The van der Waals surface area contributed by atoms with E-state index in [9.17, 15) is 18.0 Å². The molecule has 0 aliphatic heterocycles. The molecule has 8 heteroatoms. The SMILES string of the molecule is CS(=O)(=O)NCCCNC(=O)c1ccc(-c2ccccc2)[nH]c1=O. The maximum atomic E-state index is 12.1. The first-order valence-electron chi connectivity index (χ1n) is 7.38. The predicted molar refractivity (Wildman–Crippen MR) is 92.3 cm³/mol. The molecular weight excluding hydrogens is 330 g/mol. The van der Waals surface area contributed by atoms with Gasteiger partial charge in [-0.2, -0.15) is 0 Å². The number of nitrogens with one attached hydrogen (secondary N) is 3. The highest BCUT2D eigenvalue weighted by atomic mass is 32.2. The zero-order valence-corrected chi connectivity index (χ0v) is 14.0. The van der Waals surface area contributed by atoms with Gasteiger partial charge >= 0.3 is 0 Å². The Morgan fingerprint density at radius 3 is 2.42 bits per heavy atom. The maximum absolute atomic E-state index is 12.1. The summed E-state index contributed by atoms with van der Waals surface area (Å²) < 4.78 is 24.1. The number of amides is 1. The van der Waals surface area contributed by atoms with Crippen molar-refractivity contribution >= 4 is 15.9 Å². The second kappa shape index (κ2) is 7.89. The molecular formula is C16H19N3O4S. The van der Waals surface area contributed by atoms with Crippen LogP contribution >= 0.6 is 0 Å². The number of pyridine rings is 1. The Morgan fingerprint density at radius 1 is 1.08 bits per heavy atom. The quantitative estimate of drug-likeness (QED) is 0.640. The molecule has 0 atom stereocenters. The molecule has 7 nitrogen and oxygen atoms in total. The predicted octanol–water partition coefficient (Wildman–Crippen LogP) is 0.711. The lowest BCUT2D eigenvalue weighted by molar-refractivity contribution is 0.0952. The molecule has 1 amide bonds. The van der Waals surface area contributed by atoms with Crippen LogP contribution in [0, 0.1) is 0 Å². The zero-order chi connectivity index (χ0) is 17.6. The number of hydrogen-bond donors (Lipinski definition) is 3. The molecule has 2 aromatic rings. The van der Waals surface area contributed by atoms with E-state index in [4.69, 9.17) is 0 Å². The number of hydrogen-bond acceptors (Lipinski definition) is 4. The van der Waals surface area contributed by atoms with Crippen molar-refractivity contribution in [2.75, 3.05) is 19.3 Å². The zero-order valence-electron chi connectivity index (χ0n) is 13.2. The first-order valence-corrected chi connectivity index (χ1v) is 9.27. The van der Waals surface area contributed by atoms with Crippen molar-refractivity contribution in [1.82, 2.24) is 15.0 Å². The van der Waals surface area contributed by atoms with Gasteiger partial charge in [0.25, 0.3) is 11.5 Å². The molecule has 0 fully saturated rings. The highest BCUT2D eigenvalue weighted by Crippen LogP contribution is 2.14. The van der Waals surface area contributed by atoms with Gasteiger partial charge in [-0.15, -0.1) is 0 Å². The molecule has 0 radical (unpaired) electrons. The summed E-state index contributed by atoms with van der Waals surface area (Å²) >= 11 is 0. The van der Waals surface area contributed by atoms with Crippen LogP contribution in [0.5, 0.6) is 0 Å². The summed E-state index contributed by atoms with van der Waals surface area (Å²) in [5, 5.41) is 2.59. The Labute approximate surface area is 140 Å². The van der Waals surface area contributed by atoms with Gasteiger partial charge in [0.15, 0.2) is 0 Å². The minimum absolute atomic E-state index is 0.0192. The Kier molecular flexibility index (Phi) is 5.88. The van der Waals surface area contributed by atoms with Gasteiger partial charge in [0.2, 0.25) is 10.0 Å². The van der Waals surface area contributed by atoms with Gasteiger partial charge in [-0.25, -0.2) is 13.1 Å². The van der Waals surface area contributed by atoms with E-state index in [-0.39, 0.29) is 18.7 Å². The number of sulfonamides is 1. The molecule has 0 unspecified atom stereocenters. The number of rotatable bonds is 7. The minimum atomic E-state index is -3.23. The largest absolute Gasteiger partial charge is 0.352 e. The van der Waals surface area contributed by atoms with Crippen molar-refractivity contribution in [3.05, 3.63) is 58.4 Å². The fraction of sp³-hybridized carbons (Fsp3) is 0.250. The average Bonchev–Trinajstić information content (AvgIpc) is 2.54. The van der Waals surface area contributed by atoms with E-state index in [1.54, 1.807) is 6.07 Å². The van der Waals surface area contributed by atoms with Crippen LogP contribution < -0.4 is 15.6 Å². The normalized spacial score (nSPS) is 11.2. The van der Waals surface area contributed by atoms with E-state index >= 15 is 0 Å². The first kappa shape index (κ1) is 17.9. The first-order chi connectivity index (χ1) is 11.4. The van der Waals surface area contributed by atoms with Crippen molar-refractivity contribution in [3.63, 3.8) is 0 Å². The van der Waals surface area contributed by atoms with Crippen molar-refractivity contribution in [2.45, 2.75) is 6.42 Å². The van der Waals surface area contributed by atoms with E-state index in [1.807, 2.05) is 30.3 Å². The van der Waals surface area contributed by atoms with E-state index in [0.29, 0.717) is 12.1 Å². The summed E-state index contributed by atoms with van der Waals surface area (Å²) in [6.45, 7) is 0.490. The third-order valence-corrected chi connectivity index (χ3v) is 3.97. The number of aromatic nitrogens is 1. The van der Waals surface area contributed by atoms with Crippen LogP contribution in [0.4, 0.5) is 0 Å². The Balaban J connectivity index is 1.95. The molecule has 1 aromatic heterocycles. The fourth-order valence-corrected chi connectivity index (χ4v) is 2.60. The summed E-state index contributed by atoms with van der Waals surface area (Å²) in [4.78, 5) is 26.8. The number of H-pyrrole nitrogens is 1. The van der Waals surface area contributed by atoms with E-state index in [1.165, 1.54) is 6.07 Å². The molecule has 0 aliphatic rings. The summed E-state index contributed by atoms with van der Waals surface area (Å²) in [5.41, 5.74) is 1.04. The molecule has 0 bridgehead atoms. The van der Waals surface area contributed by atoms with Crippen molar-refractivity contribution < 1.29 is 13.2 Å². The van der Waals surface area contributed by atoms with Gasteiger partial charge in [-0.1, -0.05) is 30.3 Å². The van der Waals surface area contributed by atoms with Crippen LogP contribution in [0.25, 0.3) is 11.3 Å². The topological polar surface area (TPSA) is 108 Å². The third kappa shape index (κ3) is 5.32. The maximum Gasteiger partial charge on any atom is 0.261 e. The van der Waals surface area contributed by atoms with Crippen LogP contribution in [0.3, 0.4) is 0 Å². The average molecular weight is 349 g/mol. The van der Waals surface area contributed by atoms with Crippen LogP contribution in [0.1, 0.15) is 16.8 Å². The molecule has 0 saturated carbocycles. The molecule has 3 N–H and O–H groups in total. The second-order valence-corrected chi connectivity index (χ2v) is 7.09. The summed E-state index contributed by atoms with van der Waals surface area (Å²) in [6.07, 6.45) is 1.50. The Bertz CT molecular complexity index is 860. The molecule has 1 aromatic carbocycles. The van der Waals surface area contributed by atoms with Crippen LogP contribution in [-0.2, 0) is 10.0 Å². The number of carbonyl (C=O) groups is 1. The second-order valence-electron chi connectivity index (χ2n) is 5.26. The number of carbonyl (C=O) groups excluding carboxylic acids is 1. The highest BCUT2D eigenvalue weighted by Gasteiger charge is 2.11. The molecule has 128 valence electrons. The summed E-state index contributed by atoms with van der Waals surface area (Å²) in [5.74, 6) is -0.491. The van der Waals surface area contributed by atoms with E-state index in [2.05, 4.69) is 15.0 Å². The smallest absolute Gasteiger partial charge is 0.261 e. The van der Waals surface area contributed by atoms with E-state index < -0.39 is 21.5 Å². The van der Waals surface area contributed by atoms with Crippen molar-refractivity contribution in [2.24, 2.45) is 0 Å². The lowest BCUT2D eigenvalue weighted by Gasteiger charge is -2.06. The molecule has 1 heterocycles. The lowest BCUT2D eigenvalue weighted by atomic mass is 10.1. The lowest BCUT2D eigenvalue weighted by Crippen LogP contribution is -2.32. The standard InChI is InChI=1S/C16H19N3O4S/c1-24(22,23)18-11-5-10-17-15(20)13-8-9-14(19-16(13)21)12-6-3-2-4-7-12/h2-4,6-9,18H,5,10-11H2,1H3,(H,17,20)(H,19,21). The Hall–Kier alpha value is -2.45. The molecule has 0 saturated heterocycles. The summed E-state index contributed by atoms with van der Waals surface area (Å²) in [6, 6.07) is 12.5. The summed E-state index contributed by atoms with van der Waals surface area (Å²) in [7, 11) is -3.23. The van der Waals surface area contributed by atoms with Crippen LogP contribution in [-0.4, -0.2) is 38.7 Å². The van der Waals surface area contributed by atoms with Gasteiger partial charge in [-0.05, 0) is 24.1 Å². The van der Waals surface area contributed by atoms with Crippen molar-refractivity contribution in [1.29, 1.82) is 0 Å². The molecule has 24 heavy (non-hydrogen) atoms. The number of benzene rings is 1. The van der Waals surface area contributed by atoms with Crippen LogP contribution in [0.2, 0.25) is 0 Å². The van der Waals surface area contributed by atoms with Crippen molar-refractivity contribution in [3.8, 4) is 11.3 Å². The van der Waals surface area contributed by atoms with Gasteiger partial charge in [0, 0.05) is 18.8 Å². The van der Waals surface area contributed by atoms with Gasteiger partial charge in [-0.3, -0.25) is 9.59 Å². The molecule has 0 spiro atoms.